The molecule has 0 saturated carbocycles. The lowest BCUT2D eigenvalue weighted by Crippen LogP contribution is -2.30. The number of fused-ring (bicyclic) bond motifs is 1. The lowest BCUT2D eigenvalue weighted by molar-refractivity contribution is -0.115. The molecule has 214 valence electrons. The van der Waals surface area contributed by atoms with Crippen molar-refractivity contribution in [2.75, 3.05) is 6.61 Å². The zero-order valence-electron chi connectivity index (χ0n) is 23.4. The van der Waals surface area contributed by atoms with Crippen LogP contribution in [0.4, 0.5) is 0 Å². The molecule has 0 saturated heterocycles. The van der Waals surface area contributed by atoms with E-state index in [1.807, 2.05) is 63.2 Å². The maximum absolute atomic E-state index is 11.6. The van der Waals surface area contributed by atoms with Gasteiger partial charge in [-0.2, -0.15) is 5.26 Å². The molecule has 0 spiro atoms. The molecule has 9 heteroatoms. The van der Waals surface area contributed by atoms with Crippen LogP contribution >= 0.6 is 11.6 Å². The molecule has 5 rings (SSSR count). The first-order valence-corrected chi connectivity index (χ1v) is 13.7. The van der Waals surface area contributed by atoms with E-state index in [0.717, 1.165) is 28.5 Å². The van der Waals surface area contributed by atoms with Crippen LogP contribution in [0.25, 0.3) is 11.1 Å². The van der Waals surface area contributed by atoms with E-state index in [0.29, 0.717) is 40.4 Å². The number of benzene rings is 3. The van der Waals surface area contributed by atoms with Crippen LogP contribution in [0.1, 0.15) is 46.5 Å². The van der Waals surface area contributed by atoms with Gasteiger partial charge in [-0.1, -0.05) is 49.7 Å². The van der Waals surface area contributed by atoms with Gasteiger partial charge in [0, 0.05) is 24.0 Å². The summed E-state index contributed by atoms with van der Waals surface area (Å²) in [7, 11) is 0. The third-order valence-electron chi connectivity index (χ3n) is 6.35. The van der Waals surface area contributed by atoms with Gasteiger partial charge in [-0.25, -0.2) is 0 Å². The van der Waals surface area contributed by atoms with Crippen LogP contribution in [0.3, 0.4) is 0 Å². The second-order valence-electron chi connectivity index (χ2n) is 9.12. The van der Waals surface area contributed by atoms with Crippen molar-refractivity contribution in [1.82, 2.24) is 4.98 Å². The quantitative estimate of drug-likeness (QED) is 0.195. The SMILES string of the molecule is CC.Cc1cc(-c2ccc3c(c2)OC(C=O)CO3)ccc1COc1cc(OCc2cncc(C#N)c2)c(C=O)cc1Cl. The van der Waals surface area contributed by atoms with Crippen molar-refractivity contribution < 1.29 is 28.5 Å². The molecule has 0 bridgehead atoms. The predicted octanol–water partition coefficient (Wildman–Crippen LogP) is 6.92. The molecule has 2 heterocycles. The number of hydrogen-bond donors (Lipinski definition) is 0. The van der Waals surface area contributed by atoms with Crippen LogP contribution in [0.2, 0.25) is 5.02 Å². The number of aldehydes is 2. The number of nitrogens with zero attached hydrogens (tertiary/aromatic N) is 2. The van der Waals surface area contributed by atoms with Gasteiger partial charge >= 0.3 is 0 Å². The Balaban J connectivity index is 0.00000198. The Morgan fingerprint density at radius 1 is 0.976 bits per heavy atom. The molecule has 1 aromatic heterocycles. The molecule has 0 radical (unpaired) electrons. The molecular formula is C33H29ClN2O6. The fraction of sp³-hybridized carbons (Fsp3) is 0.212. The smallest absolute Gasteiger partial charge is 0.187 e. The van der Waals surface area contributed by atoms with E-state index in [4.69, 9.17) is 35.8 Å². The van der Waals surface area contributed by atoms with E-state index in [9.17, 15) is 9.59 Å². The van der Waals surface area contributed by atoms with Crippen LogP contribution in [0, 0.1) is 18.3 Å². The number of rotatable bonds is 9. The second-order valence-corrected chi connectivity index (χ2v) is 9.52. The average molecular weight is 585 g/mol. The normalized spacial score (nSPS) is 13.2. The summed E-state index contributed by atoms with van der Waals surface area (Å²) in [5, 5.41) is 9.35. The second kappa shape index (κ2) is 14.2. The summed E-state index contributed by atoms with van der Waals surface area (Å²) in [6.45, 7) is 6.53. The van der Waals surface area contributed by atoms with Gasteiger partial charge in [0.05, 0.1) is 16.1 Å². The van der Waals surface area contributed by atoms with E-state index in [-0.39, 0.29) is 30.4 Å². The van der Waals surface area contributed by atoms with Gasteiger partial charge in [-0.3, -0.25) is 14.6 Å². The number of ether oxygens (including phenoxy) is 4. The summed E-state index contributed by atoms with van der Waals surface area (Å²) >= 11 is 6.40. The summed E-state index contributed by atoms with van der Waals surface area (Å²) in [6, 6.07) is 18.4. The maximum Gasteiger partial charge on any atom is 0.187 e. The predicted molar refractivity (Wildman–Crippen MR) is 158 cm³/mol. The van der Waals surface area contributed by atoms with Crippen molar-refractivity contribution in [3.05, 3.63) is 99.8 Å². The summed E-state index contributed by atoms with van der Waals surface area (Å²) < 4.78 is 23.2. The molecule has 0 aliphatic carbocycles. The fourth-order valence-electron chi connectivity index (χ4n) is 4.19. The first-order chi connectivity index (χ1) is 20.5. The summed E-state index contributed by atoms with van der Waals surface area (Å²) in [4.78, 5) is 26.7. The number of hydrogen-bond acceptors (Lipinski definition) is 8. The van der Waals surface area contributed by atoms with Crippen molar-refractivity contribution in [2.45, 2.75) is 40.1 Å². The molecular weight excluding hydrogens is 556 g/mol. The highest BCUT2D eigenvalue weighted by Gasteiger charge is 2.21. The standard InChI is InChI=1S/C31H23ClN2O6.C2H6/c1-19-6-22(23-4-5-28-31(9-23)40-26(15-36)18-39-28)2-3-24(19)17-38-30-10-29(25(14-35)8-27(30)32)37-16-21-7-20(11-33)12-34-13-21;1-2/h2-10,12-15,26H,16-18H2,1H3;1-2H3. The molecule has 1 atom stereocenters. The first kappa shape index (κ1) is 30.1. The van der Waals surface area contributed by atoms with Crippen molar-refractivity contribution in [2.24, 2.45) is 0 Å². The molecule has 1 unspecified atom stereocenters. The van der Waals surface area contributed by atoms with Gasteiger partial charge < -0.3 is 18.9 Å². The Morgan fingerprint density at radius 3 is 2.48 bits per heavy atom. The Labute approximate surface area is 249 Å². The lowest BCUT2D eigenvalue weighted by Gasteiger charge is -2.23. The monoisotopic (exact) mass is 584 g/mol. The Hall–Kier alpha value is -4.87. The van der Waals surface area contributed by atoms with Gasteiger partial charge in [0.1, 0.15) is 37.4 Å². The van der Waals surface area contributed by atoms with Gasteiger partial charge in [-0.05, 0) is 53.4 Å². The minimum atomic E-state index is -0.617. The van der Waals surface area contributed by atoms with Gasteiger partial charge in [0.15, 0.2) is 30.2 Å². The zero-order chi connectivity index (χ0) is 30.1. The van der Waals surface area contributed by atoms with Crippen molar-refractivity contribution in [3.8, 4) is 40.2 Å². The van der Waals surface area contributed by atoms with E-state index < -0.39 is 6.10 Å². The van der Waals surface area contributed by atoms with Crippen LogP contribution in [-0.2, 0) is 18.0 Å². The maximum atomic E-state index is 11.6. The fourth-order valence-corrected chi connectivity index (χ4v) is 4.42. The molecule has 4 aromatic rings. The molecule has 0 amide bonds. The number of halogens is 1. The number of pyridine rings is 1. The third kappa shape index (κ3) is 7.06. The van der Waals surface area contributed by atoms with Crippen LogP contribution in [0.5, 0.6) is 23.0 Å². The van der Waals surface area contributed by atoms with E-state index in [1.165, 1.54) is 12.3 Å². The Kier molecular flexibility index (Phi) is 10.1. The number of nitriles is 1. The van der Waals surface area contributed by atoms with Crippen molar-refractivity contribution in [1.29, 1.82) is 5.26 Å². The highest BCUT2D eigenvalue weighted by Crippen LogP contribution is 2.37. The summed E-state index contributed by atoms with van der Waals surface area (Å²) in [5.41, 5.74) is 5.22. The zero-order valence-corrected chi connectivity index (χ0v) is 24.2. The number of carbonyl (C=O) groups excluding carboxylic acids is 2. The molecule has 0 N–H and O–H groups in total. The minimum Gasteiger partial charge on any atom is -0.488 e. The molecule has 3 aromatic carbocycles. The highest BCUT2D eigenvalue weighted by atomic mass is 35.5. The van der Waals surface area contributed by atoms with Crippen LogP contribution in [0.15, 0.2) is 67.0 Å². The molecule has 42 heavy (non-hydrogen) atoms. The van der Waals surface area contributed by atoms with Crippen molar-refractivity contribution in [3.63, 3.8) is 0 Å². The van der Waals surface area contributed by atoms with E-state index in [2.05, 4.69) is 4.98 Å². The molecule has 1 aliphatic rings. The Bertz CT molecular complexity index is 1630. The number of aryl methyl sites for hydroxylation is 1. The third-order valence-corrected chi connectivity index (χ3v) is 6.64. The number of carbonyl (C=O) groups is 2. The first-order valence-electron chi connectivity index (χ1n) is 13.3. The lowest BCUT2D eigenvalue weighted by atomic mass is 9.99. The molecule has 1 aliphatic heterocycles. The Morgan fingerprint density at radius 2 is 1.74 bits per heavy atom. The van der Waals surface area contributed by atoms with Crippen LogP contribution in [-0.4, -0.2) is 30.3 Å². The van der Waals surface area contributed by atoms with Gasteiger partial charge in [-0.15, -0.1) is 0 Å². The molecule has 0 fully saturated rings. The van der Waals surface area contributed by atoms with E-state index >= 15 is 0 Å². The molecule has 8 nitrogen and oxygen atoms in total. The largest absolute Gasteiger partial charge is 0.488 e. The summed E-state index contributed by atoms with van der Waals surface area (Å²) in [6.07, 6.45) is 3.83. The average Bonchev–Trinajstić information content (AvgIpc) is 3.04. The van der Waals surface area contributed by atoms with Crippen LogP contribution < -0.4 is 18.9 Å². The van der Waals surface area contributed by atoms with Crippen molar-refractivity contribution >= 4 is 24.2 Å². The van der Waals surface area contributed by atoms with Gasteiger partial charge in [0.2, 0.25) is 0 Å². The number of aromatic nitrogens is 1. The van der Waals surface area contributed by atoms with Gasteiger partial charge in [0.25, 0.3) is 0 Å². The van der Waals surface area contributed by atoms with E-state index in [1.54, 1.807) is 18.3 Å². The topological polar surface area (TPSA) is 108 Å². The summed E-state index contributed by atoms with van der Waals surface area (Å²) in [5.74, 6) is 1.81. The minimum absolute atomic E-state index is 0.112. The highest BCUT2D eigenvalue weighted by molar-refractivity contribution is 6.32.